The van der Waals surface area contributed by atoms with Crippen LogP contribution >= 0.6 is 0 Å². The molecule has 0 heterocycles. The van der Waals surface area contributed by atoms with E-state index in [1.807, 2.05) is 0 Å². The maximum absolute atomic E-state index is 0. The van der Waals surface area contributed by atoms with Gasteiger partial charge in [0.15, 0.2) is 0 Å². The zero-order valence-electron chi connectivity index (χ0n) is 1.40. The van der Waals surface area contributed by atoms with Gasteiger partial charge in [0.1, 0.15) is 0 Å². The molecule has 0 fully saturated rings. The van der Waals surface area contributed by atoms with Gasteiger partial charge in [0, 0.05) is 60.9 Å². The quantitative estimate of drug-likeness (QED) is 0.466. The van der Waals surface area contributed by atoms with Gasteiger partial charge in [-0.1, -0.05) is 0 Å². The maximum atomic E-state index is 0. The number of hydrogen-bond acceptors (Lipinski definition) is 0. The van der Waals surface area contributed by atoms with Gasteiger partial charge in [0.2, 0.25) is 0 Å². The zero-order valence-corrected chi connectivity index (χ0v) is 7.61. The van der Waals surface area contributed by atoms with E-state index in [1.165, 1.54) is 0 Å². The third-order valence-corrected chi connectivity index (χ3v) is 0. The number of rotatable bonds is 0. The van der Waals surface area contributed by atoms with Crippen LogP contribution in [0.5, 0.6) is 0 Å². The summed E-state index contributed by atoms with van der Waals surface area (Å²) in [5.74, 6) is 0. The normalized spacial score (nSPS) is 0. The van der Waals surface area contributed by atoms with Crippen molar-refractivity contribution in [2.45, 2.75) is 0 Å². The van der Waals surface area contributed by atoms with E-state index in [9.17, 15) is 0 Å². The predicted octanol–water partition coefficient (Wildman–Crippen LogP) is -1.46. The van der Waals surface area contributed by atoms with Crippen LogP contribution < -0.4 is 0 Å². The molecule has 27 valence electrons. The minimum Gasteiger partial charge on any atom is -0.0149 e. The van der Waals surface area contributed by atoms with E-state index in [2.05, 4.69) is 0 Å². The van der Waals surface area contributed by atoms with Crippen LogP contribution in [0.25, 0.3) is 0 Å². The van der Waals surface area contributed by atoms with Crippen molar-refractivity contribution in [1.82, 2.24) is 0 Å². The summed E-state index contributed by atoms with van der Waals surface area (Å²) < 4.78 is 0. The second kappa shape index (κ2) is 19.2. The summed E-state index contributed by atoms with van der Waals surface area (Å²) in [6, 6.07) is 0. The maximum Gasteiger partial charge on any atom is 0 e. The van der Waals surface area contributed by atoms with Crippen LogP contribution in [0.3, 0.4) is 0 Å². The van der Waals surface area contributed by atoms with Gasteiger partial charge in [0.05, 0.1) is 0 Å². The molecule has 4 heteroatoms. The largest absolute Gasteiger partial charge is 0.0149 e. The van der Waals surface area contributed by atoms with Crippen LogP contribution in [0.4, 0.5) is 0 Å². The van der Waals surface area contributed by atoms with E-state index in [0.29, 0.717) is 0 Å². The Balaban J connectivity index is 0. The topological polar surface area (TPSA) is 0 Å². The van der Waals surface area contributed by atoms with Crippen LogP contribution in [0, 0.1) is 0 Å². The molecule has 0 rings (SSSR count). The van der Waals surface area contributed by atoms with Gasteiger partial charge in [-0.2, -0.15) is 0 Å². The first-order chi connectivity index (χ1) is 0. The van der Waals surface area contributed by atoms with Gasteiger partial charge in [-0.05, 0) is 11.0 Å². The molecular formula is H4CdMnNiSi. The molecule has 0 unspecified atom stereocenters. The summed E-state index contributed by atoms with van der Waals surface area (Å²) in [4.78, 5) is 0. The molecule has 1 radical (unpaired) electrons. The van der Waals surface area contributed by atoms with Crippen molar-refractivity contribution in [2.75, 3.05) is 0 Å². The van der Waals surface area contributed by atoms with Crippen molar-refractivity contribution in [3.8, 4) is 0 Å². The summed E-state index contributed by atoms with van der Waals surface area (Å²) in [6.07, 6.45) is 0. The van der Waals surface area contributed by atoms with E-state index >= 15 is 0 Å². The Morgan fingerprint density at radius 1 is 1.00 bits per heavy atom. The van der Waals surface area contributed by atoms with Gasteiger partial charge in [-0.25, -0.2) is 0 Å². The molecule has 0 aromatic heterocycles. The van der Waals surface area contributed by atoms with E-state index in [1.54, 1.807) is 0 Å². The van der Waals surface area contributed by atoms with E-state index < -0.39 is 0 Å². The van der Waals surface area contributed by atoms with Crippen molar-refractivity contribution in [3.63, 3.8) is 0 Å². The number of hydrogen-bond donors (Lipinski definition) is 0. The van der Waals surface area contributed by atoms with Gasteiger partial charge in [-0.3, -0.25) is 0 Å². The molecule has 0 bridgehead atoms. The third-order valence-electron chi connectivity index (χ3n) is 0. The van der Waals surface area contributed by atoms with E-state index in [4.69, 9.17) is 0 Å². The average molecular weight is 258 g/mol. The average Bonchev–Trinajstić information content (AvgIpc) is 0. The van der Waals surface area contributed by atoms with Crippen molar-refractivity contribution in [1.29, 1.82) is 0 Å². The Labute approximate surface area is 71.1 Å². The third kappa shape index (κ3) is 8.91. The molecule has 0 aliphatic carbocycles. The summed E-state index contributed by atoms with van der Waals surface area (Å²) in [6.45, 7) is 0. The monoisotopic (exact) mass is 259 g/mol. The Hall–Kier alpha value is 2.15. The van der Waals surface area contributed by atoms with Crippen molar-refractivity contribution in [2.24, 2.45) is 0 Å². The molecule has 0 aromatic carbocycles. The summed E-state index contributed by atoms with van der Waals surface area (Å²) in [5, 5.41) is 0. The Morgan fingerprint density at radius 2 is 1.00 bits per heavy atom. The standard InChI is InChI=1S/Cd.Mn.Ni.H4Si/h;;;1H4. The first kappa shape index (κ1) is 35.3. The molecule has 0 saturated heterocycles. The van der Waals surface area contributed by atoms with Crippen LogP contribution in [0.1, 0.15) is 0 Å². The predicted molar refractivity (Wildman–Crippen MR) is 11.3 cm³/mol. The molecule has 0 saturated carbocycles. The molecule has 0 atom stereocenters. The molecule has 0 aromatic rings. The molecule has 0 spiro atoms. The van der Waals surface area contributed by atoms with Crippen molar-refractivity contribution in [3.05, 3.63) is 0 Å². The van der Waals surface area contributed by atoms with Gasteiger partial charge in [-0.15, -0.1) is 0 Å². The molecule has 0 N–H and O–H groups in total. The van der Waals surface area contributed by atoms with Crippen LogP contribution in [-0.4, -0.2) is 11.0 Å². The fourth-order valence-corrected chi connectivity index (χ4v) is 0. The second-order valence-corrected chi connectivity index (χ2v) is 0. The zero-order chi connectivity index (χ0) is 0. The SMILES string of the molecule is [Cd].[Mn].[Ni].[SiH4]. The Kier molecular flexibility index (Phi) is 169. The minimum absolute atomic E-state index is 0. The summed E-state index contributed by atoms with van der Waals surface area (Å²) in [5.41, 5.74) is 0. The minimum atomic E-state index is 0. The van der Waals surface area contributed by atoms with E-state index in [0.717, 1.165) is 0 Å². The fraction of sp³-hybridized carbons (Fsp3) is 0. The van der Waals surface area contributed by atoms with Crippen LogP contribution in [0.2, 0.25) is 0 Å². The van der Waals surface area contributed by atoms with Gasteiger partial charge in [0.25, 0.3) is 0 Å². The second-order valence-electron chi connectivity index (χ2n) is 0. The van der Waals surface area contributed by atoms with Gasteiger partial charge < -0.3 is 0 Å². The van der Waals surface area contributed by atoms with Crippen molar-refractivity contribution >= 4 is 11.0 Å². The first-order valence-electron chi connectivity index (χ1n) is 0. The Bertz CT molecular complexity index is 8.00. The van der Waals surface area contributed by atoms with Gasteiger partial charge >= 0.3 is 0 Å². The smallest absolute Gasteiger partial charge is 0 e. The van der Waals surface area contributed by atoms with Crippen molar-refractivity contribution < 1.29 is 60.9 Å². The fourth-order valence-electron chi connectivity index (χ4n) is 0. The Morgan fingerprint density at radius 3 is 1.00 bits per heavy atom. The molecule has 0 aliphatic heterocycles. The molecule has 4 heavy (non-hydrogen) atoms. The van der Waals surface area contributed by atoms with Crippen LogP contribution in [-0.2, 0) is 60.9 Å². The molecule has 0 nitrogen and oxygen atoms in total. The molecule has 0 aliphatic rings. The molecule has 0 amide bonds. The first-order valence-corrected chi connectivity index (χ1v) is 0. The summed E-state index contributed by atoms with van der Waals surface area (Å²) in [7, 11) is 0. The van der Waals surface area contributed by atoms with E-state index in [-0.39, 0.29) is 71.8 Å². The molecular weight excluding hydrogens is 254 g/mol. The summed E-state index contributed by atoms with van der Waals surface area (Å²) >= 11 is 0. The van der Waals surface area contributed by atoms with Crippen LogP contribution in [0.15, 0.2) is 0 Å².